The van der Waals surface area contributed by atoms with Gasteiger partial charge in [-0.1, -0.05) is 48.0 Å². The minimum Gasteiger partial charge on any atom is -0.533 e. The van der Waals surface area contributed by atoms with E-state index in [0.717, 1.165) is 22.3 Å². The quantitative estimate of drug-likeness (QED) is 0.776. The molecule has 0 unspecified atom stereocenters. The molecule has 94 valence electrons. The standard InChI is InChI=1S/C15H16B2O2/c1-11-9-12(2)15(13(3)10-11)18-17(19-16)14-7-5-4-6-8-14/h4-10H,1-3H3. The summed E-state index contributed by atoms with van der Waals surface area (Å²) in [6, 6.07) is 13.8. The van der Waals surface area contributed by atoms with E-state index in [2.05, 4.69) is 19.1 Å². The molecule has 0 N–H and O–H groups in total. The van der Waals surface area contributed by atoms with Gasteiger partial charge >= 0.3 is 7.12 Å². The molecule has 0 aliphatic carbocycles. The summed E-state index contributed by atoms with van der Waals surface area (Å²) in [5.74, 6) is 0.824. The van der Waals surface area contributed by atoms with Crippen molar-refractivity contribution in [2.24, 2.45) is 0 Å². The van der Waals surface area contributed by atoms with Crippen LogP contribution in [0.1, 0.15) is 16.7 Å². The van der Waals surface area contributed by atoms with Gasteiger partial charge in [0.15, 0.2) is 0 Å². The Labute approximate surface area is 116 Å². The molecule has 0 bridgehead atoms. The first kappa shape index (κ1) is 13.8. The number of hydrogen-bond donors (Lipinski definition) is 0. The highest BCUT2D eigenvalue weighted by Crippen LogP contribution is 2.25. The zero-order valence-electron chi connectivity index (χ0n) is 11.5. The smallest absolute Gasteiger partial charge is 0.533 e. The molecule has 2 radical (unpaired) electrons. The molecule has 2 rings (SSSR count). The Morgan fingerprint density at radius 3 is 2.05 bits per heavy atom. The van der Waals surface area contributed by atoms with Gasteiger partial charge in [0.2, 0.25) is 0 Å². The van der Waals surface area contributed by atoms with E-state index < -0.39 is 7.12 Å². The third kappa shape index (κ3) is 3.21. The summed E-state index contributed by atoms with van der Waals surface area (Å²) in [7, 11) is 4.76. The Morgan fingerprint density at radius 2 is 1.53 bits per heavy atom. The molecule has 2 nitrogen and oxygen atoms in total. The minimum atomic E-state index is -0.596. The fourth-order valence-electron chi connectivity index (χ4n) is 2.24. The van der Waals surface area contributed by atoms with Gasteiger partial charge < -0.3 is 9.23 Å². The molecule has 0 saturated carbocycles. The molecule has 0 aliphatic rings. The fraction of sp³-hybridized carbons (Fsp3) is 0.200. The Hall–Kier alpha value is -1.67. The van der Waals surface area contributed by atoms with Gasteiger partial charge in [0.1, 0.15) is 5.75 Å². The van der Waals surface area contributed by atoms with Crippen LogP contribution in [0, 0.1) is 20.8 Å². The molecule has 19 heavy (non-hydrogen) atoms. The predicted octanol–water partition coefficient (Wildman–Crippen LogP) is 2.49. The van der Waals surface area contributed by atoms with E-state index in [0.29, 0.717) is 0 Å². The summed E-state index contributed by atoms with van der Waals surface area (Å²) in [6.45, 7) is 6.11. The van der Waals surface area contributed by atoms with Crippen LogP contribution < -0.4 is 10.1 Å². The van der Waals surface area contributed by atoms with Crippen LogP contribution in [0.3, 0.4) is 0 Å². The highest BCUT2D eigenvalue weighted by atomic mass is 16.6. The maximum absolute atomic E-state index is 5.92. The first-order chi connectivity index (χ1) is 9.11. The molecule has 0 atom stereocenters. The SMILES string of the molecule is [B]OB(Oc1c(C)cc(C)cc1C)c1ccccc1. The van der Waals surface area contributed by atoms with Crippen LogP contribution in [-0.2, 0) is 4.57 Å². The minimum absolute atomic E-state index is 0.596. The Balaban J connectivity index is 2.29. The van der Waals surface area contributed by atoms with Crippen LogP contribution in [-0.4, -0.2) is 15.2 Å². The van der Waals surface area contributed by atoms with Crippen LogP contribution in [0.4, 0.5) is 0 Å². The van der Waals surface area contributed by atoms with Crippen LogP contribution in [0.15, 0.2) is 42.5 Å². The summed E-state index contributed by atoms with van der Waals surface area (Å²) in [4.78, 5) is 0. The maximum atomic E-state index is 5.92. The van der Waals surface area contributed by atoms with Gasteiger partial charge in [-0.25, -0.2) is 0 Å². The Kier molecular flexibility index (Phi) is 4.33. The van der Waals surface area contributed by atoms with Crippen molar-refractivity contribution in [3.8, 4) is 5.75 Å². The van der Waals surface area contributed by atoms with Gasteiger partial charge in [0.25, 0.3) is 8.05 Å². The molecule has 4 heteroatoms. The van der Waals surface area contributed by atoms with Crippen molar-refractivity contribution in [2.75, 3.05) is 0 Å². The average Bonchev–Trinajstić information content (AvgIpc) is 2.39. The van der Waals surface area contributed by atoms with Crippen LogP contribution >= 0.6 is 0 Å². The number of aryl methyl sites for hydroxylation is 3. The second-order valence-corrected chi connectivity index (χ2v) is 4.72. The summed E-state index contributed by atoms with van der Waals surface area (Å²) < 4.78 is 10.9. The van der Waals surface area contributed by atoms with Crippen LogP contribution in [0.2, 0.25) is 0 Å². The van der Waals surface area contributed by atoms with E-state index in [9.17, 15) is 0 Å². The first-order valence-electron chi connectivity index (χ1n) is 6.27. The molecule has 0 heterocycles. The third-order valence-corrected chi connectivity index (χ3v) is 3.02. The molecule has 2 aromatic rings. The van der Waals surface area contributed by atoms with E-state index in [1.165, 1.54) is 5.56 Å². The summed E-state index contributed by atoms with van der Waals surface area (Å²) >= 11 is 0. The lowest BCUT2D eigenvalue weighted by molar-refractivity contribution is 0.457. The average molecular weight is 250 g/mol. The van der Waals surface area contributed by atoms with Crippen molar-refractivity contribution in [1.82, 2.24) is 0 Å². The molecular weight excluding hydrogens is 234 g/mol. The predicted molar refractivity (Wildman–Crippen MR) is 80.0 cm³/mol. The maximum Gasteiger partial charge on any atom is 0.546 e. The van der Waals surface area contributed by atoms with Gasteiger partial charge in [0, 0.05) is 0 Å². The van der Waals surface area contributed by atoms with Gasteiger partial charge in [-0.15, -0.1) is 0 Å². The van der Waals surface area contributed by atoms with E-state index >= 15 is 0 Å². The second kappa shape index (κ2) is 5.98. The van der Waals surface area contributed by atoms with Gasteiger partial charge in [-0.2, -0.15) is 0 Å². The van der Waals surface area contributed by atoms with E-state index in [4.69, 9.17) is 17.3 Å². The molecular formula is C15H16B2O2. The second-order valence-electron chi connectivity index (χ2n) is 4.72. The van der Waals surface area contributed by atoms with Crippen molar-refractivity contribution in [3.05, 3.63) is 59.2 Å². The molecule has 2 aromatic carbocycles. The van der Waals surface area contributed by atoms with Crippen molar-refractivity contribution >= 4 is 20.6 Å². The summed E-state index contributed by atoms with van der Waals surface area (Å²) in [5, 5.41) is 0. The monoisotopic (exact) mass is 250 g/mol. The highest BCUT2D eigenvalue weighted by Gasteiger charge is 2.22. The molecule has 0 spiro atoms. The molecule has 0 fully saturated rings. The van der Waals surface area contributed by atoms with Crippen molar-refractivity contribution in [3.63, 3.8) is 0 Å². The third-order valence-electron chi connectivity index (χ3n) is 3.02. The highest BCUT2D eigenvalue weighted by molar-refractivity contribution is 6.64. The Bertz CT molecular complexity index is 532. The zero-order chi connectivity index (χ0) is 13.8. The van der Waals surface area contributed by atoms with Crippen LogP contribution in [0.25, 0.3) is 0 Å². The van der Waals surface area contributed by atoms with Crippen molar-refractivity contribution < 1.29 is 9.23 Å². The summed E-state index contributed by atoms with van der Waals surface area (Å²) in [5.41, 5.74) is 4.27. The van der Waals surface area contributed by atoms with Gasteiger partial charge in [0.05, 0.1) is 0 Å². The van der Waals surface area contributed by atoms with E-state index in [-0.39, 0.29) is 0 Å². The number of benzene rings is 2. The van der Waals surface area contributed by atoms with E-state index in [1.807, 2.05) is 44.2 Å². The largest absolute Gasteiger partial charge is 0.546 e. The number of hydrogen-bond acceptors (Lipinski definition) is 2. The van der Waals surface area contributed by atoms with Gasteiger partial charge in [-0.3, -0.25) is 0 Å². The molecule has 0 aliphatic heterocycles. The molecule has 0 saturated heterocycles. The lowest BCUT2D eigenvalue weighted by atomic mass is 9.78. The molecule has 0 amide bonds. The van der Waals surface area contributed by atoms with Crippen LogP contribution in [0.5, 0.6) is 5.75 Å². The van der Waals surface area contributed by atoms with Crippen molar-refractivity contribution in [2.45, 2.75) is 20.8 Å². The van der Waals surface area contributed by atoms with E-state index in [1.54, 1.807) is 0 Å². The summed E-state index contributed by atoms with van der Waals surface area (Å²) in [6.07, 6.45) is 0. The Morgan fingerprint density at radius 1 is 0.947 bits per heavy atom. The van der Waals surface area contributed by atoms with Gasteiger partial charge in [-0.05, 0) is 37.4 Å². The van der Waals surface area contributed by atoms with Crippen molar-refractivity contribution in [1.29, 1.82) is 0 Å². The lowest BCUT2D eigenvalue weighted by Gasteiger charge is -2.18. The molecule has 0 aromatic heterocycles. The topological polar surface area (TPSA) is 18.5 Å². The lowest BCUT2D eigenvalue weighted by Crippen LogP contribution is -2.39. The number of rotatable bonds is 4. The first-order valence-corrected chi connectivity index (χ1v) is 6.27. The normalized spacial score (nSPS) is 10.3. The zero-order valence-corrected chi connectivity index (χ0v) is 11.5. The fourth-order valence-corrected chi connectivity index (χ4v) is 2.24.